The zero-order chi connectivity index (χ0) is 10.9. The van der Waals surface area contributed by atoms with Gasteiger partial charge in [0, 0.05) is 12.5 Å². The molecule has 0 amide bonds. The highest BCUT2D eigenvalue weighted by Crippen LogP contribution is 2.38. The Hall–Kier alpha value is -1.51. The molecular weight excluding hydrogens is 192 g/mol. The van der Waals surface area contributed by atoms with Crippen LogP contribution in [0.4, 0.5) is 0 Å². The predicted octanol–water partition coefficient (Wildman–Crippen LogP) is 1.90. The van der Waals surface area contributed by atoms with Crippen molar-refractivity contribution in [3.8, 4) is 5.75 Å². The molecule has 1 aliphatic heterocycles. The molecule has 1 atom stereocenters. The zero-order valence-corrected chi connectivity index (χ0v) is 8.95. The second-order valence-corrected chi connectivity index (χ2v) is 4.13. The van der Waals surface area contributed by atoms with Gasteiger partial charge in [-0.3, -0.25) is 4.79 Å². The molecule has 1 aromatic rings. The van der Waals surface area contributed by atoms with Crippen molar-refractivity contribution in [3.05, 3.63) is 29.8 Å². The molecule has 3 heteroatoms. The van der Waals surface area contributed by atoms with Crippen molar-refractivity contribution in [1.29, 1.82) is 0 Å². The summed E-state index contributed by atoms with van der Waals surface area (Å²) in [4.78, 5) is 10.8. The summed E-state index contributed by atoms with van der Waals surface area (Å²) in [7, 11) is 0. The van der Waals surface area contributed by atoms with E-state index in [0.29, 0.717) is 13.2 Å². The number of esters is 1. The van der Waals surface area contributed by atoms with Crippen LogP contribution in [-0.4, -0.2) is 19.2 Å². The molecule has 0 aromatic heterocycles. The number of carbonyl (C=O) groups excluding carboxylic acids is 1. The van der Waals surface area contributed by atoms with E-state index in [1.807, 2.05) is 31.2 Å². The first-order chi connectivity index (χ1) is 7.12. The van der Waals surface area contributed by atoms with Gasteiger partial charge in [-0.25, -0.2) is 0 Å². The van der Waals surface area contributed by atoms with Gasteiger partial charge in [0.1, 0.15) is 19.0 Å². The van der Waals surface area contributed by atoms with Gasteiger partial charge < -0.3 is 9.47 Å². The Kier molecular flexibility index (Phi) is 2.39. The van der Waals surface area contributed by atoms with E-state index in [2.05, 4.69) is 0 Å². The fraction of sp³-hybridized carbons (Fsp3) is 0.417. The molecule has 0 fully saturated rings. The molecule has 2 rings (SSSR count). The molecule has 1 aromatic carbocycles. The molecule has 0 aliphatic carbocycles. The summed E-state index contributed by atoms with van der Waals surface area (Å²) in [6.07, 6.45) is 0. The molecule has 3 nitrogen and oxygen atoms in total. The van der Waals surface area contributed by atoms with E-state index < -0.39 is 0 Å². The van der Waals surface area contributed by atoms with Crippen LogP contribution in [0, 0.1) is 0 Å². The highest BCUT2D eigenvalue weighted by Gasteiger charge is 2.37. The first kappa shape index (κ1) is 10.0. The second kappa shape index (κ2) is 3.57. The van der Waals surface area contributed by atoms with Crippen LogP contribution >= 0.6 is 0 Å². The Labute approximate surface area is 89.0 Å². The standard InChI is InChI=1S/C12H14O3/c1-9(13)14-7-12(2)8-15-11-6-4-3-5-10(11)12/h3-6H,7-8H2,1-2H3. The van der Waals surface area contributed by atoms with Crippen LogP contribution in [0.1, 0.15) is 19.4 Å². The van der Waals surface area contributed by atoms with Gasteiger partial charge in [0.25, 0.3) is 0 Å². The Morgan fingerprint density at radius 3 is 3.00 bits per heavy atom. The number of rotatable bonds is 2. The normalized spacial score (nSPS) is 23.1. The molecule has 0 N–H and O–H groups in total. The van der Waals surface area contributed by atoms with Gasteiger partial charge in [-0.2, -0.15) is 0 Å². The lowest BCUT2D eigenvalue weighted by Crippen LogP contribution is -2.30. The summed E-state index contributed by atoms with van der Waals surface area (Å²) < 4.78 is 10.6. The maximum absolute atomic E-state index is 10.8. The Morgan fingerprint density at radius 1 is 1.53 bits per heavy atom. The van der Waals surface area contributed by atoms with Gasteiger partial charge in [0.15, 0.2) is 0 Å². The maximum atomic E-state index is 10.8. The van der Waals surface area contributed by atoms with E-state index in [1.165, 1.54) is 6.92 Å². The van der Waals surface area contributed by atoms with Crippen molar-refractivity contribution in [2.45, 2.75) is 19.3 Å². The smallest absolute Gasteiger partial charge is 0.302 e. The second-order valence-electron chi connectivity index (χ2n) is 4.13. The lowest BCUT2D eigenvalue weighted by Gasteiger charge is -2.21. The van der Waals surface area contributed by atoms with Crippen molar-refractivity contribution >= 4 is 5.97 Å². The first-order valence-electron chi connectivity index (χ1n) is 4.97. The van der Waals surface area contributed by atoms with Crippen molar-refractivity contribution < 1.29 is 14.3 Å². The summed E-state index contributed by atoms with van der Waals surface area (Å²) in [5, 5.41) is 0. The molecule has 0 saturated heterocycles. The third kappa shape index (κ3) is 1.82. The van der Waals surface area contributed by atoms with Crippen molar-refractivity contribution in [1.82, 2.24) is 0 Å². The third-order valence-electron chi connectivity index (χ3n) is 2.68. The van der Waals surface area contributed by atoms with Gasteiger partial charge in [-0.15, -0.1) is 0 Å². The average Bonchev–Trinajstić information content (AvgIpc) is 2.56. The van der Waals surface area contributed by atoms with Crippen molar-refractivity contribution in [2.24, 2.45) is 0 Å². The zero-order valence-electron chi connectivity index (χ0n) is 8.95. The van der Waals surface area contributed by atoms with Crippen LogP contribution in [0.5, 0.6) is 5.75 Å². The molecule has 0 radical (unpaired) electrons. The Bertz CT molecular complexity index is 386. The van der Waals surface area contributed by atoms with E-state index in [9.17, 15) is 4.79 Å². The number of hydrogen-bond acceptors (Lipinski definition) is 3. The Balaban J connectivity index is 2.21. The van der Waals surface area contributed by atoms with Crippen LogP contribution in [0.25, 0.3) is 0 Å². The lowest BCUT2D eigenvalue weighted by molar-refractivity contribution is -0.142. The number of carbonyl (C=O) groups is 1. The highest BCUT2D eigenvalue weighted by molar-refractivity contribution is 5.66. The third-order valence-corrected chi connectivity index (χ3v) is 2.68. The summed E-state index contributed by atoms with van der Waals surface area (Å²) in [5.41, 5.74) is 0.911. The molecule has 1 aliphatic rings. The largest absolute Gasteiger partial charge is 0.492 e. The summed E-state index contributed by atoms with van der Waals surface area (Å²) >= 11 is 0. The quantitative estimate of drug-likeness (QED) is 0.693. The molecule has 0 bridgehead atoms. The van der Waals surface area contributed by atoms with Crippen LogP contribution < -0.4 is 4.74 Å². The maximum Gasteiger partial charge on any atom is 0.302 e. The SMILES string of the molecule is CC(=O)OCC1(C)COc2ccccc21. The molecule has 1 unspecified atom stereocenters. The topological polar surface area (TPSA) is 35.5 Å². The highest BCUT2D eigenvalue weighted by atomic mass is 16.5. The van der Waals surface area contributed by atoms with Crippen molar-refractivity contribution in [2.75, 3.05) is 13.2 Å². The van der Waals surface area contributed by atoms with Gasteiger partial charge in [0.05, 0.1) is 5.41 Å². The van der Waals surface area contributed by atoms with E-state index in [4.69, 9.17) is 9.47 Å². The van der Waals surface area contributed by atoms with E-state index in [-0.39, 0.29) is 11.4 Å². The van der Waals surface area contributed by atoms with E-state index >= 15 is 0 Å². The molecule has 0 spiro atoms. The van der Waals surface area contributed by atoms with Crippen LogP contribution in [0.3, 0.4) is 0 Å². The summed E-state index contributed by atoms with van der Waals surface area (Å²) in [6, 6.07) is 7.87. The van der Waals surface area contributed by atoms with Gasteiger partial charge >= 0.3 is 5.97 Å². The van der Waals surface area contributed by atoms with Crippen LogP contribution in [0.15, 0.2) is 24.3 Å². The fourth-order valence-corrected chi connectivity index (χ4v) is 1.79. The number of benzene rings is 1. The van der Waals surface area contributed by atoms with Crippen molar-refractivity contribution in [3.63, 3.8) is 0 Å². The van der Waals surface area contributed by atoms with E-state index in [1.54, 1.807) is 0 Å². The Morgan fingerprint density at radius 2 is 2.27 bits per heavy atom. The van der Waals surface area contributed by atoms with Gasteiger partial charge in [0.2, 0.25) is 0 Å². The fourth-order valence-electron chi connectivity index (χ4n) is 1.79. The first-order valence-corrected chi connectivity index (χ1v) is 4.97. The molecule has 15 heavy (non-hydrogen) atoms. The van der Waals surface area contributed by atoms with Gasteiger partial charge in [-0.1, -0.05) is 18.2 Å². The number of para-hydroxylation sites is 1. The van der Waals surface area contributed by atoms with Crippen LogP contribution in [-0.2, 0) is 14.9 Å². The minimum absolute atomic E-state index is 0.206. The molecule has 80 valence electrons. The summed E-state index contributed by atoms with van der Waals surface area (Å²) in [6.45, 7) is 4.41. The monoisotopic (exact) mass is 206 g/mol. The lowest BCUT2D eigenvalue weighted by atomic mass is 9.85. The predicted molar refractivity (Wildman–Crippen MR) is 55.9 cm³/mol. The number of hydrogen-bond donors (Lipinski definition) is 0. The van der Waals surface area contributed by atoms with Gasteiger partial charge in [-0.05, 0) is 13.0 Å². The van der Waals surface area contributed by atoms with E-state index in [0.717, 1.165) is 11.3 Å². The molecular formula is C12H14O3. The number of ether oxygens (including phenoxy) is 2. The average molecular weight is 206 g/mol. The molecule has 1 heterocycles. The summed E-state index contributed by atoms with van der Waals surface area (Å²) in [5.74, 6) is 0.646. The molecule has 0 saturated carbocycles. The minimum Gasteiger partial charge on any atom is -0.492 e. The number of fused-ring (bicyclic) bond motifs is 1. The van der Waals surface area contributed by atoms with Crippen LogP contribution in [0.2, 0.25) is 0 Å². The minimum atomic E-state index is -0.249.